The summed E-state index contributed by atoms with van der Waals surface area (Å²) in [5.74, 6) is -24.2. The topological polar surface area (TPSA) is 29.5 Å². The van der Waals surface area contributed by atoms with Gasteiger partial charge in [-0.25, -0.2) is 0 Å². The number of aliphatic hydroxyl groups excluding tert-OH is 1. The number of halogens is 15. The summed E-state index contributed by atoms with van der Waals surface area (Å²) in [6, 6.07) is 0. The molecule has 1 N–H and O–H groups in total. The molecule has 0 aromatic rings. The Kier molecular flexibility index (Phi) is 6.99. The third-order valence-electron chi connectivity index (χ3n) is 3.31. The van der Waals surface area contributed by atoms with Gasteiger partial charge in [-0.15, -0.1) is 0 Å². The third-order valence-corrected chi connectivity index (χ3v) is 3.31. The molecule has 0 radical (unpaired) electrons. The van der Waals surface area contributed by atoms with Crippen molar-refractivity contribution in [3.8, 4) is 0 Å². The Hall–Kier alpha value is -1.13. The van der Waals surface area contributed by atoms with Gasteiger partial charge < -0.3 is 9.84 Å². The molecule has 0 aliphatic heterocycles. The van der Waals surface area contributed by atoms with E-state index in [2.05, 4.69) is 4.74 Å². The van der Waals surface area contributed by atoms with Gasteiger partial charge in [0.15, 0.2) is 0 Å². The maximum Gasteiger partial charge on any atom is 0.456 e. The van der Waals surface area contributed by atoms with E-state index < -0.39 is 61.0 Å². The minimum Gasteiger partial charge on any atom is -0.396 e. The minimum absolute atomic E-state index is 0.0241. The Labute approximate surface area is 145 Å². The van der Waals surface area contributed by atoms with Crippen LogP contribution in [0.5, 0.6) is 0 Å². The minimum atomic E-state index is -8.08. The second kappa shape index (κ2) is 7.28. The quantitative estimate of drug-likeness (QED) is 0.538. The third kappa shape index (κ3) is 3.82. The molecule has 0 amide bonds. The van der Waals surface area contributed by atoms with Gasteiger partial charge in [0.2, 0.25) is 0 Å². The van der Waals surface area contributed by atoms with Crippen molar-refractivity contribution in [1.82, 2.24) is 0 Å². The normalized spacial score (nSPS) is 17.0. The molecule has 0 aromatic heterocycles. The lowest BCUT2D eigenvalue weighted by molar-refractivity contribution is -0.499. The number of hydrogen-bond acceptors (Lipinski definition) is 2. The molecule has 0 fully saturated rings. The largest absolute Gasteiger partial charge is 0.456 e. The lowest BCUT2D eigenvalue weighted by Gasteiger charge is -2.49. The highest BCUT2D eigenvalue weighted by Gasteiger charge is 2.97. The number of hydrogen-bond donors (Lipinski definition) is 1. The average molecular weight is 458 g/mol. The summed E-state index contributed by atoms with van der Waals surface area (Å²) in [6.45, 7) is -1.40. The Bertz CT molecular complexity index is 465. The molecule has 2 nitrogen and oxygen atoms in total. The summed E-state index contributed by atoms with van der Waals surface area (Å²) in [4.78, 5) is 0. The molecule has 170 valence electrons. The van der Waals surface area contributed by atoms with Gasteiger partial charge in [0.1, 0.15) is 0 Å². The molecule has 0 heterocycles. The van der Waals surface area contributed by atoms with Gasteiger partial charge in [-0.2, -0.15) is 65.9 Å². The van der Waals surface area contributed by atoms with Crippen molar-refractivity contribution >= 4 is 0 Å². The Morgan fingerprint density at radius 3 is 1.04 bits per heavy atom. The van der Waals surface area contributed by atoms with Crippen LogP contribution in [-0.2, 0) is 4.74 Å². The van der Waals surface area contributed by atoms with Gasteiger partial charge >= 0.3 is 36.3 Å². The Balaban J connectivity index is 7.47. The first kappa shape index (κ1) is 26.9. The fraction of sp³-hybridized carbons (Fsp3) is 1.00. The first-order valence-corrected chi connectivity index (χ1v) is 6.58. The van der Waals surface area contributed by atoms with Crippen LogP contribution in [0.1, 0.15) is 13.3 Å². The van der Waals surface area contributed by atoms with Crippen LogP contribution in [-0.4, -0.2) is 59.7 Å². The molecule has 0 bridgehead atoms. The molecular formula is C11H9F15O2. The highest BCUT2D eigenvalue weighted by Crippen LogP contribution is 2.65. The molecule has 1 unspecified atom stereocenters. The molecule has 0 spiro atoms. The second-order valence-electron chi connectivity index (χ2n) is 5.34. The molecule has 0 rings (SSSR count). The van der Waals surface area contributed by atoms with E-state index in [1.165, 1.54) is 0 Å². The van der Waals surface area contributed by atoms with Gasteiger partial charge in [0.05, 0.1) is 6.10 Å². The van der Waals surface area contributed by atoms with Crippen LogP contribution in [0.25, 0.3) is 0 Å². The molecular weight excluding hydrogens is 449 g/mol. The van der Waals surface area contributed by atoms with Crippen molar-refractivity contribution in [3.05, 3.63) is 0 Å². The SMILES string of the molecule is CC(CCO)OC(C(F)(F)C(F)(F)F)(C(F)(F)C(F)(F)F)C(F)(F)C(F)(F)F. The van der Waals surface area contributed by atoms with Gasteiger partial charge in [-0.05, 0) is 13.3 Å². The predicted molar refractivity (Wildman–Crippen MR) is 58.0 cm³/mol. The average Bonchev–Trinajstić information content (AvgIpc) is 2.40. The Morgan fingerprint density at radius 1 is 0.607 bits per heavy atom. The number of alkyl halides is 15. The van der Waals surface area contributed by atoms with E-state index in [0.29, 0.717) is 0 Å². The second-order valence-corrected chi connectivity index (χ2v) is 5.34. The van der Waals surface area contributed by atoms with Crippen molar-refractivity contribution in [3.63, 3.8) is 0 Å². The number of rotatable bonds is 7. The van der Waals surface area contributed by atoms with Crippen LogP contribution in [0, 0.1) is 0 Å². The lowest BCUT2D eigenvalue weighted by Crippen LogP contribution is -2.81. The molecule has 1 atom stereocenters. The monoisotopic (exact) mass is 458 g/mol. The first-order chi connectivity index (χ1) is 12.0. The van der Waals surface area contributed by atoms with Crippen molar-refractivity contribution in [2.45, 2.75) is 61.3 Å². The van der Waals surface area contributed by atoms with E-state index >= 15 is 0 Å². The smallest absolute Gasteiger partial charge is 0.396 e. The van der Waals surface area contributed by atoms with Crippen molar-refractivity contribution < 1.29 is 75.7 Å². The van der Waals surface area contributed by atoms with Crippen LogP contribution >= 0.6 is 0 Å². The van der Waals surface area contributed by atoms with E-state index in [-0.39, 0.29) is 6.92 Å². The molecule has 0 aliphatic carbocycles. The van der Waals surface area contributed by atoms with Crippen LogP contribution in [0.3, 0.4) is 0 Å². The van der Waals surface area contributed by atoms with Crippen LogP contribution in [0.4, 0.5) is 65.9 Å². The standard InChI is InChI=1S/C11H9F15O2/c1-4(2-3-27)28-5(6(12,13)9(18,19)20,7(14,15)10(21,22)23)8(16,17)11(24,25)26/h4,27H,2-3H2,1H3. The van der Waals surface area contributed by atoms with E-state index in [1.807, 2.05) is 0 Å². The van der Waals surface area contributed by atoms with Gasteiger partial charge in [0.25, 0.3) is 5.60 Å². The van der Waals surface area contributed by atoms with Crippen LogP contribution < -0.4 is 0 Å². The lowest BCUT2D eigenvalue weighted by atomic mass is 9.79. The van der Waals surface area contributed by atoms with Crippen molar-refractivity contribution in [2.75, 3.05) is 6.61 Å². The zero-order valence-corrected chi connectivity index (χ0v) is 13.0. The Morgan fingerprint density at radius 2 is 0.857 bits per heavy atom. The van der Waals surface area contributed by atoms with E-state index in [1.54, 1.807) is 0 Å². The van der Waals surface area contributed by atoms with E-state index in [4.69, 9.17) is 5.11 Å². The zero-order chi connectivity index (χ0) is 23.2. The van der Waals surface area contributed by atoms with E-state index in [9.17, 15) is 65.9 Å². The predicted octanol–water partition coefficient (Wildman–Crippen LogP) is 5.11. The van der Waals surface area contributed by atoms with Crippen molar-refractivity contribution in [2.24, 2.45) is 0 Å². The fourth-order valence-electron chi connectivity index (χ4n) is 1.95. The fourth-order valence-corrected chi connectivity index (χ4v) is 1.95. The van der Waals surface area contributed by atoms with Crippen LogP contribution in [0.2, 0.25) is 0 Å². The molecule has 17 heteroatoms. The van der Waals surface area contributed by atoms with Gasteiger partial charge in [-0.3, -0.25) is 0 Å². The number of aliphatic hydroxyl groups is 1. The maximum absolute atomic E-state index is 13.6. The molecule has 0 aliphatic rings. The highest BCUT2D eigenvalue weighted by atomic mass is 19.4. The molecule has 28 heavy (non-hydrogen) atoms. The summed E-state index contributed by atoms with van der Waals surface area (Å²) < 4.78 is 197. The summed E-state index contributed by atoms with van der Waals surface area (Å²) in [6.07, 6.45) is -27.7. The van der Waals surface area contributed by atoms with Gasteiger partial charge in [0, 0.05) is 6.61 Å². The summed E-state index contributed by atoms with van der Waals surface area (Å²) >= 11 is 0. The maximum atomic E-state index is 13.6. The molecule has 0 saturated heterocycles. The van der Waals surface area contributed by atoms with Crippen molar-refractivity contribution in [1.29, 1.82) is 0 Å². The van der Waals surface area contributed by atoms with Crippen LogP contribution in [0.15, 0.2) is 0 Å². The van der Waals surface area contributed by atoms with Gasteiger partial charge in [-0.1, -0.05) is 0 Å². The molecule has 0 aromatic carbocycles. The van der Waals surface area contributed by atoms with E-state index in [0.717, 1.165) is 0 Å². The summed E-state index contributed by atoms with van der Waals surface area (Å²) in [5.41, 5.74) is -7.82. The summed E-state index contributed by atoms with van der Waals surface area (Å²) in [7, 11) is 0. The number of ether oxygens (including phenoxy) is 1. The first-order valence-electron chi connectivity index (χ1n) is 6.58. The zero-order valence-electron chi connectivity index (χ0n) is 13.0. The summed E-state index contributed by atoms with van der Waals surface area (Å²) in [5, 5.41) is 8.41. The highest BCUT2D eigenvalue weighted by molar-refractivity contribution is 5.20. The molecule has 0 saturated carbocycles.